The van der Waals surface area contributed by atoms with Gasteiger partial charge in [-0.25, -0.2) is 4.79 Å². The molecule has 3 rings (SSSR count). The van der Waals surface area contributed by atoms with Gasteiger partial charge in [0.25, 0.3) is 0 Å². The number of nitrogens with one attached hydrogen (secondary N) is 2. The van der Waals surface area contributed by atoms with Crippen molar-refractivity contribution < 1.29 is 9.59 Å². The minimum atomic E-state index is -0.0978. The van der Waals surface area contributed by atoms with Crippen molar-refractivity contribution in [3.8, 4) is 0 Å². The van der Waals surface area contributed by atoms with Crippen LogP contribution in [0.4, 0.5) is 10.5 Å². The summed E-state index contributed by atoms with van der Waals surface area (Å²) < 4.78 is 0. The zero-order chi connectivity index (χ0) is 17.6. The lowest BCUT2D eigenvalue weighted by molar-refractivity contribution is -0.126. The Morgan fingerprint density at radius 2 is 1.60 bits per heavy atom. The van der Waals surface area contributed by atoms with Gasteiger partial charge in [0.1, 0.15) is 0 Å². The van der Waals surface area contributed by atoms with E-state index in [1.54, 1.807) is 29.2 Å². The van der Waals surface area contributed by atoms with Gasteiger partial charge in [-0.15, -0.1) is 0 Å². The number of halogens is 1. The summed E-state index contributed by atoms with van der Waals surface area (Å²) in [7, 11) is 0. The Hall–Kier alpha value is -1.75. The first-order valence-corrected chi connectivity index (χ1v) is 9.61. The summed E-state index contributed by atoms with van der Waals surface area (Å²) in [5, 5.41) is 6.73. The Labute approximate surface area is 154 Å². The second kappa shape index (κ2) is 8.56. The zero-order valence-corrected chi connectivity index (χ0v) is 15.2. The smallest absolute Gasteiger partial charge is 0.321 e. The van der Waals surface area contributed by atoms with E-state index in [0.717, 1.165) is 31.4 Å². The predicted molar refractivity (Wildman–Crippen MR) is 99.8 cm³/mol. The van der Waals surface area contributed by atoms with Crippen LogP contribution in [0.25, 0.3) is 0 Å². The molecule has 1 saturated heterocycles. The molecule has 0 radical (unpaired) electrons. The molecule has 1 aromatic carbocycles. The van der Waals surface area contributed by atoms with E-state index in [-0.39, 0.29) is 23.9 Å². The van der Waals surface area contributed by atoms with Crippen LogP contribution in [0.2, 0.25) is 5.02 Å². The van der Waals surface area contributed by atoms with Crippen molar-refractivity contribution >= 4 is 29.2 Å². The van der Waals surface area contributed by atoms with Gasteiger partial charge in [0, 0.05) is 35.8 Å². The molecule has 1 aliphatic heterocycles. The van der Waals surface area contributed by atoms with Gasteiger partial charge in [0.15, 0.2) is 0 Å². The van der Waals surface area contributed by atoms with E-state index in [1.807, 2.05) is 0 Å². The summed E-state index contributed by atoms with van der Waals surface area (Å²) >= 11 is 5.85. The number of hydrogen-bond donors (Lipinski definition) is 2. The van der Waals surface area contributed by atoms with Gasteiger partial charge in [-0.3, -0.25) is 4.79 Å². The van der Waals surface area contributed by atoms with Gasteiger partial charge in [-0.2, -0.15) is 0 Å². The van der Waals surface area contributed by atoms with Crippen molar-refractivity contribution in [3.05, 3.63) is 29.3 Å². The van der Waals surface area contributed by atoms with Crippen molar-refractivity contribution in [2.24, 2.45) is 5.92 Å². The van der Waals surface area contributed by atoms with Gasteiger partial charge in [0.05, 0.1) is 0 Å². The van der Waals surface area contributed by atoms with E-state index in [9.17, 15) is 9.59 Å². The number of likely N-dealkylation sites (tertiary alicyclic amines) is 1. The summed E-state index contributed by atoms with van der Waals surface area (Å²) in [6.45, 7) is 1.32. The second-order valence-corrected chi connectivity index (χ2v) is 7.48. The number of piperidine rings is 1. The number of hydrogen-bond acceptors (Lipinski definition) is 2. The van der Waals surface area contributed by atoms with Crippen LogP contribution in [0.15, 0.2) is 24.3 Å². The van der Waals surface area contributed by atoms with E-state index >= 15 is 0 Å². The van der Waals surface area contributed by atoms with Crippen LogP contribution in [0.3, 0.4) is 0 Å². The highest BCUT2D eigenvalue weighted by atomic mass is 35.5. The first-order chi connectivity index (χ1) is 12.1. The van der Waals surface area contributed by atoms with Crippen molar-refractivity contribution in [2.45, 2.75) is 51.0 Å². The van der Waals surface area contributed by atoms with E-state index in [2.05, 4.69) is 10.6 Å². The summed E-state index contributed by atoms with van der Waals surface area (Å²) in [4.78, 5) is 26.5. The van der Waals surface area contributed by atoms with Crippen LogP contribution >= 0.6 is 11.6 Å². The molecule has 2 aliphatic rings. The first kappa shape index (κ1) is 18.1. The molecule has 1 aliphatic carbocycles. The van der Waals surface area contributed by atoms with Gasteiger partial charge in [0.2, 0.25) is 5.91 Å². The monoisotopic (exact) mass is 363 g/mol. The SMILES string of the molecule is O=C(NC1CCN(C(=O)Nc2ccc(Cl)cc2)CC1)C1CCCCC1. The lowest BCUT2D eigenvalue weighted by Gasteiger charge is -2.33. The van der Waals surface area contributed by atoms with Crippen molar-refractivity contribution in [3.63, 3.8) is 0 Å². The Kier molecular flexibility index (Phi) is 6.19. The number of rotatable bonds is 3. The molecule has 25 heavy (non-hydrogen) atoms. The third-order valence-corrected chi connectivity index (χ3v) is 5.45. The number of nitrogens with zero attached hydrogens (tertiary/aromatic N) is 1. The zero-order valence-electron chi connectivity index (χ0n) is 14.5. The molecule has 1 aromatic rings. The molecule has 0 aromatic heterocycles. The van der Waals surface area contributed by atoms with Gasteiger partial charge < -0.3 is 15.5 Å². The molecule has 0 spiro atoms. The molecule has 1 heterocycles. The number of carbonyl (C=O) groups excluding carboxylic acids is 2. The predicted octanol–water partition coefficient (Wildman–Crippen LogP) is 4.03. The molecule has 136 valence electrons. The van der Waals surface area contributed by atoms with E-state index in [1.165, 1.54) is 19.3 Å². The van der Waals surface area contributed by atoms with Crippen molar-refractivity contribution in [1.82, 2.24) is 10.2 Å². The largest absolute Gasteiger partial charge is 0.353 e. The van der Waals surface area contributed by atoms with Crippen LogP contribution in [0.1, 0.15) is 44.9 Å². The summed E-state index contributed by atoms with van der Waals surface area (Å²) in [6, 6.07) is 7.18. The molecule has 0 unspecified atom stereocenters. The average Bonchev–Trinajstić information content (AvgIpc) is 2.65. The maximum Gasteiger partial charge on any atom is 0.321 e. The average molecular weight is 364 g/mol. The highest BCUT2D eigenvalue weighted by Crippen LogP contribution is 2.24. The first-order valence-electron chi connectivity index (χ1n) is 9.24. The second-order valence-electron chi connectivity index (χ2n) is 7.04. The molecule has 6 heteroatoms. The maximum atomic E-state index is 12.3. The van der Waals surface area contributed by atoms with Gasteiger partial charge in [-0.1, -0.05) is 30.9 Å². The van der Waals surface area contributed by atoms with Gasteiger partial charge >= 0.3 is 6.03 Å². The molecule has 0 bridgehead atoms. The van der Waals surface area contributed by atoms with Crippen LogP contribution in [-0.4, -0.2) is 36.0 Å². The van der Waals surface area contributed by atoms with Crippen molar-refractivity contribution in [2.75, 3.05) is 18.4 Å². The van der Waals surface area contributed by atoms with E-state index in [4.69, 9.17) is 11.6 Å². The Bertz CT molecular complexity index is 591. The lowest BCUT2D eigenvalue weighted by atomic mass is 9.88. The van der Waals surface area contributed by atoms with Crippen LogP contribution in [0.5, 0.6) is 0 Å². The normalized spacial score (nSPS) is 19.5. The molecule has 2 N–H and O–H groups in total. The summed E-state index contributed by atoms with van der Waals surface area (Å²) in [5.74, 6) is 0.406. The fourth-order valence-corrected chi connectivity index (χ4v) is 3.77. The number of benzene rings is 1. The molecule has 1 saturated carbocycles. The Balaban J connectivity index is 1.42. The number of urea groups is 1. The Morgan fingerprint density at radius 3 is 2.24 bits per heavy atom. The minimum Gasteiger partial charge on any atom is -0.353 e. The minimum absolute atomic E-state index is 0.0978. The Morgan fingerprint density at radius 1 is 0.960 bits per heavy atom. The summed E-state index contributed by atoms with van der Waals surface area (Å²) in [6.07, 6.45) is 7.26. The molecule has 3 amide bonds. The lowest BCUT2D eigenvalue weighted by Crippen LogP contribution is -2.49. The van der Waals surface area contributed by atoms with E-state index < -0.39 is 0 Å². The topological polar surface area (TPSA) is 61.4 Å². The maximum absolute atomic E-state index is 12.3. The molecule has 0 atom stereocenters. The number of anilines is 1. The number of carbonyl (C=O) groups is 2. The highest BCUT2D eigenvalue weighted by molar-refractivity contribution is 6.30. The molecule has 5 nitrogen and oxygen atoms in total. The third kappa shape index (κ3) is 5.11. The van der Waals surface area contributed by atoms with Gasteiger partial charge in [-0.05, 0) is 49.9 Å². The molecular weight excluding hydrogens is 338 g/mol. The fourth-order valence-electron chi connectivity index (χ4n) is 3.65. The summed E-state index contributed by atoms with van der Waals surface area (Å²) in [5.41, 5.74) is 0.738. The standard InChI is InChI=1S/C19H26ClN3O2/c20-15-6-8-16(9-7-15)22-19(25)23-12-10-17(11-13-23)21-18(24)14-4-2-1-3-5-14/h6-9,14,17H,1-5,10-13H2,(H,21,24)(H,22,25). The van der Waals surface area contributed by atoms with Crippen molar-refractivity contribution in [1.29, 1.82) is 0 Å². The van der Waals surface area contributed by atoms with E-state index in [0.29, 0.717) is 18.1 Å². The number of amides is 3. The van der Waals surface area contributed by atoms with Crippen LogP contribution in [-0.2, 0) is 4.79 Å². The highest BCUT2D eigenvalue weighted by Gasteiger charge is 2.27. The molecular formula is C19H26ClN3O2. The van der Waals surface area contributed by atoms with Crippen LogP contribution < -0.4 is 10.6 Å². The van der Waals surface area contributed by atoms with Crippen LogP contribution in [0, 0.1) is 5.92 Å². The molecule has 2 fully saturated rings. The third-order valence-electron chi connectivity index (χ3n) is 5.20. The quantitative estimate of drug-likeness (QED) is 0.851. The fraction of sp³-hybridized carbons (Fsp3) is 0.579.